The van der Waals surface area contributed by atoms with Gasteiger partial charge in [-0.05, 0) is 25.1 Å². The predicted octanol–water partition coefficient (Wildman–Crippen LogP) is 3.93. The summed E-state index contributed by atoms with van der Waals surface area (Å²) < 4.78 is 38.0. The highest BCUT2D eigenvalue weighted by Crippen LogP contribution is 2.36. The summed E-state index contributed by atoms with van der Waals surface area (Å²) in [5, 5.41) is 11.2. The van der Waals surface area contributed by atoms with Crippen LogP contribution in [-0.2, 0) is 6.18 Å². The molecule has 0 aliphatic heterocycles. The summed E-state index contributed by atoms with van der Waals surface area (Å²) in [5.74, 6) is -0.369. The zero-order valence-corrected chi connectivity index (χ0v) is 9.73. The van der Waals surface area contributed by atoms with Crippen LogP contribution in [0.2, 0.25) is 5.02 Å². The largest absolute Gasteiger partial charge is 0.418 e. The molecule has 1 N–H and O–H groups in total. The van der Waals surface area contributed by atoms with Gasteiger partial charge in [-0.25, -0.2) is 0 Å². The van der Waals surface area contributed by atoms with Crippen LogP contribution in [0.4, 0.5) is 18.9 Å². The zero-order chi connectivity index (χ0) is 13.1. The molecule has 92 valence electrons. The van der Waals surface area contributed by atoms with Gasteiger partial charge in [0.15, 0.2) is 0 Å². The molecule has 1 aromatic rings. The number of hydrogen-bond acceptors (Lipinski definition) is 2. The van der Waals surface area contributed by atoms with E-state index >= 15 is 0 Å². The minimum atomic E-state index is -4.47. The number of nitrogens with one attached hydrogen (secondary N) is 1. The standard InChI is InChI=1S/C11H10ClF3N2/c1-7(5-16)6-17-10-3-2-8(12)4-9(10)11(13,14)15/h2-4,7,17H,6H2,1H3. The second-order valence-electron chi connectivity index (χ2n) is 3.60. The molecule has 0 spiro atoms. The van der Waals surface area contributed by atoms with Gasteiger partial charge < -0.3 is 5.32 Å². The van der Waals surface area contributed by atoms with Crippen molar-refractivity contribution < 1.29 is 13.2 Å². The van der Waals surface area contributed by atoms with E-state index in [0.29, 0.717) is 0 Å². The molecular formula is C11H10ClF3N2. The summed E-state index contributed by atoms with van der Waals surface area (Å²) in [5.41, 5.74) is -0.890. The molecule has 0 fully saturated rings. The molecule has 6 heteroatoms. The van der Waals surface area contributed by atoms with E-state index in [4.69, 9.17) is 16.9 Å². The average molecular weight is 263 g/mol. The van der Waals surface area contributed by atoms with Gasteiger partial charge in [-0.2, -0.15) is 18.4 Å². The van der Waals surface area contributed by atoms with Crippen molar-refractivity contribution in [3.8, 4) is 6.07 Å². The molecule has 0 saturated heterocycles. The van der Waals surface area contributed by atoms with E-state index in [1.54, 1.807) is 6.92 Å². The first-order chi connectivity index (χ1) is 7.84. The molecule has 17 heavy (non-hydrogen) atoms. The number of nitrogens with zero attached hydrogens (tertiary/aromatic N) is 1. The molecule has 0 bridgehead atoms. The number of halogens is 4. The van der Waals surface area contributed by atoms with Crippen molar-refractivity contribution in [2.75, 3.05) is 11.9 Å². The summed E-state index contributed by atoms with van der Waals surface area (Å²) in [6.07, 6.45) is -4.47. The van der Waals surface area contributed by atoms with Gasteiger partial charge in [0, 0.05) is 17.3 Å². The minimum absolute atomic E-state index is 0.0243. The van der Waals surface area contributed by atoms with Crippen LogP contribution in [0.3, 0.4) is 0 Å². The van der Waals surface area contributed by atoms with Gasteiger partial charge in [-0.1, -0.05) is 11.6 Å². The minimum Gasteiger partial charge on any atom is -0.383 e. The van der Waals surface area contributed by atoms with E-state index < -0.39 is 11.7 Å². The molecule has 1 unspecified atom stereocenters. The Morgan fingerprint density at radius 1 is 1.47 bits per heavy atom. The van der Waals surface area contributed by atoms with Crippen molar-refractivity contribution >= 4 is 17.3 Å². The first-order valence-electron chi connectivity index (χ1n) is 4.85. The fourth-order valence-corrected chi connectivity index (χ4v) is 1.39. The smallest absolute Gasteiger partial charge is 0.383 e. The van der Waals surface area contributed by atoms with Gasteiger partial charge in [0.25, 0.3) is 0 Å². The quantitative estimate of drug-likeness (QED) is 0.896. The molecule has 0 saturated carbocycles. The highest BCUT2D eigenvalue weighted by Gasteiger charge is 2.33. The van der Waals surface area contributed by atoms with Crippen LogP contribution < -0.4 is 5.32 Å². The molecule has 0 amide bonds. The number of rotatable bonds is 3. The van der Waals surface area contributed by atoms with Crippen molar-refractivity contribution in [3.05, 3.63) is 28.8 Å². The maximum Gasteiger partial charge on any atom is 0.418 e. The maximum atomic E-state index is 12.7. The molecule has 1 aromatic carbocycles. The lowest BCUT2D eigenvalue weighted by molar-refractivity contribution is -0.136. The van der Waals surface area contributed by atoms with Crippen molar-refractivity contribution in [2.24, 2.45) is 5.92 Å². The van der Waals surface area contributed by atoms with Gasteiger partial charge in [-0.15, -0.1) is 0 Å². The zero-order valence-electron chi connectivity index (χ0n) is 8.98. The average Bonchev–Trinajstić information content (AvgIpc) is 2.25. The first-order valence-corrected chi connectivity index (χ1v) is 5.22. The number of benzene rings is 1. The van der Waals surface area contributed by atoms with Gasteiger partial charge in [0.05, 0.1) is 17.6 Å². The molecular weight excluding hydrogens is 253 g/mol. The fraction of sp³-hybridized carbons (Fsp3) is 0.364. The SMILES string of the molecule is CC(C#N)CNc1ccc(Cl)cc1C(F)(F)F. The van der Waals surface area contributed by atoms with Crippen LogP contribution in [0.5, 0.6) is 0 Å². The van der Waals surface area contributed by atoms with Gasteiger partial charge in [-0.3, -0.25) is 0 Å². The van der Waals surface area contributed by atoms with Crippen LogP contribution >= 0.6 is 11.6 Å². The van der Waals surface area contributed by atoms with E-state index in [1.165, 1.54) is 12.1 Å². The lowest BCUT2D eigenvalue weighted by Crippen LogP contribution is -2.14. The predicted molar refractivity (Wildman–Crippen MR) is 59.7 cm³/mol. The third-order valence-corrected chi connectivity index (χ3v) is 2.34. The Morgan fingerprint density at radius 2 is 2.12 bits per heavy atom. The molecule has 0 heterocycles. The summed E-state index contributed by atoms with van der Waals surface area (Å²) in [6.45, 7) is 1.78. The highest BCUT2D eigenvalue weighted by atomic mass is 35.5. The van der Waals surface area contributed by atoms with Gasteiger partial charge in [0.1, 0.15) is 0 Å². The molecule has 1 rings (SSSR count). The topological polar surface area (TPSA) is 35.8 Å². The van der Waals surface area contributed by atoms with E-state index in [0.717, 1.165) is 6.07 Å². The monoisotopic (exact) mass is 262 g/mol. The number of hydrogen-bond donors (Lipinski definition) is 1. The molecule has 2 nitrogen and oxygen atoms in total. The van der Waals surface area contributed by atoms with E-state index in [1.807, 2.05) is 6.07 Å². The highest BCUT2D eigenvalue weighted by molar-refractivity contribution is 6.30. The molecule has 0 radical (unpaired) electrons. The van der Waals surface area contributed by atoms with E-state index in [9.17, 15) is 13.2 Å². The summed E-state index contributed by atoms with van der Waals surface area (Å²) in [7, 11) is 0. The van der Waals surface area contributed by atoms with Gasteiger partial charge >= 0.3 is 6.18 Å². The molecule has 0 aromatic heterocycles. The summed E-state index contributed by atoms with van der Waals surface area (Å²) >= 11 is 5.53. The van der Waals surface area contributed by atoms with Crippen LogP contribution in [0.1, 0.15) is 12.5 Å². The number of anilines is 1. The second kappa shape index (κ2) is 5.28. The van der Waals surface area contributed by atoms with Crippen molar-refractivity contribution in [3.63, 3.8) is 0 Å². The normalized spacial score (nSPS) is 12.9. The molecule has 0 aliphatic carbocycles. The maximum absolute atomic E-state index is 12.7. The van der Waals surface area contributed by atoms with Crippen LogP contribution in [0.15, 0.2) is 18.2 Å². The van der Waals surface area contributed by atoms with Crippen LogP contribution in [-0.4, -0.2) is 6.54 Å². The summed E-state index contributed by atoms with van der Waals surface area (Å²) in [4.78, 5) is 0. The molecule has 0 aliphatic rings. The third-order valence-electron chi connectivity index (χ3n) is 2.11. The lowest BCUT2D eigenvalue weighted by atomic mass is 10.1. The lowest BCUT2D eigenvalue weighted by Gasteiger charge is -2.15. The number of nitriles is 1. The Hall–Kier alpha value is -1.41. The van der Waals surface area contributed by atoms with E-state index in [2.05, 4.69) is 5.32 Å². The Bertz CT molecular complexity index is 437. The Balaban J connectivity index is 2.96. The van der Waals surface area contributed by atoms with E-state index in [-0.39, 0.29) is 23.2 Å². The second-order valence-corrected chi connectivity index (χ2v) is 4.04. The van der Waals surface area contributed by atoms with Crippen LogP contribution in [0, 0.1) is 17.2 Å². The summed E-state index contributed by atoms with van der Waals surface area (Å²) in [6, 6.07) is 5.43. The Morgan fingerprint density at radius 3 is 2.65 bits per heavy atom. The van der Waals surface area contributed by atoms with Crippen molar-refractivity contribution in [1.29, 1.82) is 5.26 Å². The molecule has 1 atom stereocenters. The van der Waals surface area contributed by atoms with Crippen molar-refractivity contribution in [1.82, 2.24) is 0 Å². The Kier molecular flexibility index (Phi) is 4.24. The first kappa shape index (κ1) is 13.7. The third kappa shape index (κ3) is 3.82. The fourth-order valence-electron chi connectivity index (χ4n) is 1.21. The van der Waals surface area contributed by atoms with Gasteiger partial charge in [0.2, 0.25) is 0 Å². The van der Waals surface area contributed by atoms with Crippen molar-refractivity contribution in [2.45, 2.75) is 13.1 Å². The van der Waals surface area contributed by atoms with Crippen LogP contribution in [0.25, 0.3) is 0 Å². The Labute approximate surface area is 102 Å². The number of alkyl halides is 3.